The molecule has 1 rings (SSSR count). The first kappa shape index (κ1) is 20.2. The van der Waals surface area contributed by atoms with Crippen LogP contribution in [0.1, 0.15) is 45.1 Å². The number of rotatable bonds is 8. The van der Waals surface area contributed by atoms with Crippen LogP contribution in [0.5, 0.6) is 0 Å². The Hall–Kier alpha value is -0.866. The van der Waals surface area contributed by atoms with Gasteiger partial charge in [-0.2, -0.15) is 0 Å². The standard InChI is InChI=1S/C21H36Si2/c1-10-17-21(5,23(8,9)12-3)18(4)19-13-15-20(16-14-19)22(6,7)11-2/h11-16,18H,2-3,10,17H2,1,4-9H3. The fraction of sp³-hybridized carbons (Fsp3) is 0.524. The second kappa shape index (κ2) is 7.35. The normalized spacial score (nSPS) is 16.5. The van der Waals surface area contributed by atoms with Crippen LogP contribution in [0.2, 0.25) is 31.2 Å². The molecule has 128 valence electrons. The maximum atomic E-state index is 4.17. The number of benzene rings is 1. The van der Waals surface area contributed by atoms with E-state index in [1.54, 1.807) is 0 Å². The Bertz CT molecular complexity index is 539. The Labute approximate surface area is 146 Å². The van der Waals surface area contributed by atoms with E-state index in [0.29, 0.717) is 11.0 Å². The molecule has 0 saturated heterocycles. The molecule has 0 saturated carbocycles. The molecule has 0 radical (unpaired) electrons. The number of hydrogen-bond acceptors (Lipinski definition) is 0. The Balaban J connectivity index is 3.23. The van der Waals surface area contributed by atoms with E-state index in [0.717, 1.165) is 0 Å². The molecule has 23 heavy (non-hydrogen) atoms. The van der Waals surface area contributed by atoms with Gasteiger partial charge in [-0.25, -0.2) is 0 Å². The maximum Gasteiger partial charge on any atom is 0.103 e. The predicted octanol–water partition coefficient (Wildman–Crippen LogP) is 6.42. The Morgan fingerprint density at radius 2 is 1.57 bits per heavy atom. The topological polar surface area (TPSA) is 0 Å². The lowest BCUT2D eigenvalue weighted by molar-refractivity contribution is 0.453. The van der Waals surface area contributed by atoms with Gasteiger partial charge < -0.3 is 0 Å². The van der Waals surface area contributed by atoms with E-state index in [9.17, 15) is 0 Å². The predicted molar refractivity (Wildman–Crippen MR) is 113 cm³/mol. The van der Waals surface area contributed by atoms with Gasteiger partial charge in [0.05, 0.1) is 8.07 Å². The summed E-state index contributed by atoms with van der Waals surface area (Å²) >= 11 is 0. The van der Waals surface area contributed by atoms with Crippen molar-refractivity contribution in [1.82, 2.24) is 0 Å². The molecule has 0 N–H and O–H groups in total. The monoisotopic (exact) mass is 344 g/mol. The van der Waals surface area contributed by atoms with Crippen molar-refractivity contribution in [3.8, 4) is 0 Å². The van der Waals surface area contributed by atoms with Gasteiger partial charge in [0, 0.05) is 0 Å². The smallest absolute Gasteiger partial charge is 0.103 e. The minimum Gasteiger partial charge on any atom is -0.107 e. The van der Waals surface area contributed by atoms with Gasteiger partial charge in [-0.1, -0.05) is 88.5 Å². The van der Waals surface area contributed by atoms with Crippen molar-refractivity contribution in [2.24, 2.45) is 0 Å². The van der Waals surface area contributed by atoms with E-state index < -0.39 is 16.1 Å². The minimum absolute atomic E-state index is 0.344. The molecule has 1 aromatic carbocycles. The fourth-order valence-corrected chi connectivity index (χ4v) is 7.44. The zero-order chi connectivity index (χ0) is 17.9. The van der Waals surface area contributed by atoms with Crippen LogP contribution >= 0.6 is 0 Å². The molecular weight excluding hydrogens is 308 g/mol. The van der Waals surface area contributed by atoms with E-state index in [4.69, 9.17) is 0 Å². The van der Waals surface area contributed by atoms with Gasteiger partial charge in [0.25, 0.3) is 0 Å². The average molecular weight is 345 g/mol. The van der Waals surface area contributed by atoms with E-state index in [-0.39, 0.29) is 0 Å². The third-order valence-corrected chi connectivity index (χ3v) is 13.9. The molecule has 2 unspecified atom stereocenters. The highest BCUT2D eigenvalue weighted by molar-refractivity contribution is 6.93. The van der Waals surface area contributed by atoms with Gasteiger partial charge in [0.1, 0.15) is 8.07 Å². The lowest BCUT2D eigenvalue weighted by Crippen LogP contribution is -2.42. The Morgan fingerprint density at radius 3 is 1.96 bits per heavy atom. The highest BCUT2D eigenvalue weighted by atomic mass is 28.3. The second-order valence-corrected chi connectivity index (χ2v) is 17.8. The fourth-order valence-electron chi connectivity index (χ4n) is 3.54. The minimum atomic E-state index is -1.50. The van der Waals surface area contributed by atoms with E-state index in [2.05, 4.69) is 95.8 Å². The highest BCUT2D eigenvalue weighted by Gasteiger charge is 2.44. The lowest BCUT2D eigenvalue weighted by Gasteiger charge is -2.46. The first-order chi connectivity index (χ1) is 10.6. The molecule has 0 fully saturated rings. The van der Waals surface area contributed by atoms with Crippen LogP contribution in [0.15, 0.2) is 48.8 Å². The van der Waals surface area contributed by atoms with Crippen LogP contribution in [0, 0.1) is 0 Å². The van der Waals surface area contributed by atoms with Crippen molar-refractivity contribution in [2.75, 3.05) is 0 Å². The van der Waals surface area contributed by atoms with Crippen LogP contribution in [0.3, 0.4) is 0 Å². The van der Waals surface area contributed by atoms with Gasteiger partial charge in [0.15, 0.2) is 0 Å². The Morgan fingerprint density at radius 1 is 1.04 bits per heavy atom. The van der Waals surface area contributed by atoms with Gasteiger partial charge in [-0.05, 0) is 22.9 Å². The summed E-state index contributed by atoms with van der Waals surface area (Å²) in [5.41, 5.74) is 5.92. The quantitative estimate of drug-likeness (QED) is 0.477. The molecule has 0 spiro atoms. The first-order valence-electron chi connectivity index (χ1n) is 8.93. The van der Waals surface area contributed by atoms with Crippen molar-refractivity contribution in [3.05, 3.63) is 54.4 Å². The van der Waals surface area contributed by atoms with Crippen LogP contribution < -0.4 is 5.19 Å². The molecule has 0 bridgehead atoms. The summed E-state index contributed by atoms with van der Waals surface area (Å²) < 4.78 is 0. The van der Waals surface area contributed by atoms with Gasteiger partial charge in [-0.15, -0.1) is 18.9 Å². The summed E-state index contributed by atoms with van der Waals surface area (Å²) in [6.07, 6.45) is 2.51. The van der Waals surface area contributed by atoms with Gasteiger partial charge >= 0.3 is 0 Å². The zero-order valence-corrected chi connectivity index (χ0v) is 18.4. The van der Waals surface area contributed by atoms with Gasteiger partial charge in [-0.3, -0.25) is 0 Å². The summed E-state index contributed by atoms with van der Waals surface area (Å²) in [5.74, 6) is 0.560. The summed E-state index contributed by atoms with van der Waals surface area (Å²) in [6.45, 7) is 25.1. The van der Waals surface area contributed by atoms with E-state index >= 15 is 0 Å². The summed E-state index contributed by atoms with van der Waals surface area (Å²) in [5, 5.41) is 1.82. The van der Waals surface area contributed by atoms with E-state index in [1.807, 2.05) is 0 Å². The first-order valence-corrected chi connectivity index (χ1v) is 15.1. The van der Waals surface area contributed by atoms with Crippen molar-refractivity contribution < 1.29 is 0 Å². The summed E-state index contributed by atoms with van der Waals surface area (Å²) in [4.78, 5) is 0. The van der Waals surface area contributed by atoms with Crippen LogP contribution in [-0.4, -0.2) is 16.1 Å². The third kappa shape index (κ3) is 3.97. The maximum absolute atomic E-state index is 4.17. The van der Waals surface area contributed by atoms with E-state index in [1.165, 1.54) is 23.6 Å². The lowest BCUT2D eigenvalue weighted by atomic mass is 9.85. The van der Waals surface area contributed by atoms with Crippen LogP contribution in [-0.2, 0) is 0 Å². The average Bonchev–Trinajstić information content (AvgIpc) is 2.54. The molecule has 0 aliphatic rings. The second-order valence-electron chi connectivity index (χ2n) is 8.36. The summed E-state index contributed by atoms with van der Waals surface area (Å²) in [7, 11) is -2.96. The largest absolute Gasteiger partial charge is 0.107 e. The molecule has 0 aromatic heterocycles. The highest BCUT2D eigenvalue weighted by Crippen LogP contribution is 2.53. The SMILES string of the molecule is C=C[Si](C)(C)c1ccc(C(C)C(C)(CCC)[Si](C)(C)C=C)cc1. The number of hydrogen-bond donors (Lipinski definition) is 0. The molecule has 0 heterocycles. The Kier molecular flexibility index (Phi) is 6.45. The van der Waals surface area contributed by atoms with Crippen LogP contribution in [0.4, 0.5) is 0 Å². The summed E-state index contributed by atoms with van der Waals surface area (Å²) in [6, 6.07) is 9.41. The van der Waals surface area contributed by atoms with Crippen LogP contribution in [0.25, 0.3) is 0 Å². The van der Waals surface area contributed by atoms with Crippen molar-refractivity contribution in [1.29, 1.82) is 0 Å². The van der Waals surface area contributed by atoms with Crippen molar-refractivity contribution >= 4 is 21.3 Å². The molecule has 0 amide bonds. The molecule has 2 heteroatoms. The molecular formula is C21H36Si2. The molecule has 1 aromatic rings. The molecule has 0 nitrogen and oxygen atoms in total. The van der Waals surface area contributed by atoms with Gasteiger partial charge in [0.2, 0.25) is 0 Å². The molecule has 2 atom stereocenters. The zero-order valence-electron chi connectivity index (χ0n) is 16.4. The van der Waals surface area contributed by atoms with Crippen molar-refractivity contribution in [2.45, 2.75) is 70.8 Å². The molecule has 0 aliphatic carbocycles. The van der Waals surface area contributed by atoms with Crippen molar-refractivity contribution in [3.63, 3.8) is 0 Å². The molecule has 0 aliphatic heterocycles. The third-order valence-electron chi connectivity index (χ3n) is 6.37.